The second kappa shape index (κ2) is 7.47. The first kappa shape index (κ1) is 17.8. The minimum Gasteiger partial charge on any atom is -0.350 e. The third-order valence-electron chi connectivity index (χ3n) is 3.57. The van der Waals surface area contributed by atoms with Crippen molar-refractivity contribution in [1.29, 1.82) is 0 Å². The van der Waals surface area contributed by atoms with Crippen molar-refractivity contribution in [2.45, 2.75) is 10.1 Å². The lowest BCUT2D eigenvalue weighted by Gasteiger charge is -2.17. The molecule has 3 rings (SSSR count). The van der Waals surface area contributed by atoms with Crippen LogP contribution in [0.3, 0.4) is 0 Å². The van der Waals surface area contributed by atoms with Gasteiger partial charge in [-0.25, -0.2) is 12.8 Å². The molecular weight excluding hydrogens is 381 g/mol. The first-order chi connectivity index (χ1) is 12.0. The molecule has 0 saturated carbocycles. The molecule has 0 spiro atoms. The van der Waals surface area contributed by atoms with Gasteiger partial charge in [-0.05, 0) is 47.2 Å². The van der Waals surface area contributed by atoms with E-state index in [0.717, 1.165) is 12.1 Å². The molecule has 1 N–H and O–H groups in total. The average Bonchev–Trinajstić information content (AvgIpc) is 3.29. The maximum Gasteiger partial charge on any atom is 0.261 e. The topological polar surface area (TPSA) is 63.2 Å². The lowest BCUT2D eigenvalue weighted by atomic mass is 10.3. The highest BCUT2D eigenvalue weighted by Gasteiger charge is 2.30. The third kappa shape index (κ3) is 3.97. The second-order valence-electron chi connectivity index (χ2n) is 5.19. The summed E-state index contributed by atoms with van der Waals surface area (Å²) in [5, 5.41) is 5.32. The molecule has 0 aliphatic carbocycles. The molecule has 1 amide bonds. The molecule has 130 valence electrons. The zero-order valence-corrected chi connectivity index (χ0v) is 15.3. The van der Waals surface area contributed by atoms with Crippen LogP contribution in [0.15, 0.2) is 64.2 Å². The molecular formula is C17H14FNO3S3. The first-order valence-electron chi connectivity index (χ1n) is 7.33. The van der Waals surface area contributed by atoms with Crippen LogP contribution in [-0.4, -0.2) is 20.9 Å². The van der Waals surface area contributed by atoms with Gasteiger partial charge in [0.2, 0.25) is 0 Å². The van der Waals surface area contributed by atoms with Gasteiger partial charge in [0.25, 0.3) is 5.91 Å². The molecule has 0 aliphatic rings. The van der Waals surface area contributed by atoms with Crippen LogP contribution < -0.4 is 5.32 Å². The van der Waals surface area contributed by atoms with Gasteiger partial charge in [0.15, 0.2) is 9.84 Å². The first-order valence-corrected chi connectivity index (χ1v) is 10.6. The fourth-order valence-corrected chi connectivity index (χ4v) is 5.73. The molecule has 1 atom stereocenters. The number of carbonyl (C=O) groups is 1. The third-order valence-corrected chi connectivity index (χ3v) is 7.67. The Bertz CT molecular complexity index is 934. The van der Waals surface area contributed by atoms with E-state index in [4.69, 9.17) is 0 Å². The van der Waals surface area contributed by atoms with Gasteiger partial charge in [-0.2, -0.15) is 0 Å². The average molecular weight is 396 g/mol. The van der Waals surface area contributed by atoms with Crippen molar-refractivity contribution >= 4 is 38.4 Å². The number of thiophene rings is 2. The normalized spacial score (nSPS) is 12.7. The summed E-state index contributed by atoms with van der Waals surface area (Å²) in [6.07, 6.45) is 0. The Morgan fingerprint density at radius 3 is 2.32 bits per heavy atom. The molecule has 0 aliphatic heterocycles. The number of hydrogen-bond donors (Lipinski definition) is 1. The Kier molecular flexibility index (Phi) is 5.31. The highest BCUT2D eigenvalue weighted by atomic mass is 32.2. The number of hydrogen-bond acceptors (Lipinski definition) is 5. The standard InChI is InChI=1S/C17H14FNO3S3/c18-12-5-7-13(8-6-12)25(21,22)16(14-3-1-9-23-14)11-19-17(20)15-4-2-10-24-15/h1-10,16H,11H2,(H,19,20). The van der Waals surface area contributed by atoms with Crippen LogP contribution >= 0.6 is 22.7 Å². The SMILES string of the molecule is O=C(NCC(c1cccs1)S(=O)(=O)c1ccc(F)cc1)c1cccs1. The van der Waals surface area contributed by atoms with Crippen LogP contribution in [-0.2, 0) is 9.84 Å². The van der Waals surface area contributed by atoms with Gasteiger partial charge < -0.3 is 5.32 Å². The van der Waals surface area contributed by atoms with E-state index in [0.29, 0.717) is 9.75 Å². The Balaban J connectivity index is 1.87. The second-order valence-corrected chi connectivity index (χ2v) is 9.25. The zero-order chi connectivity index (χ0) is 17.9. The lowest BCUT2D eigenvalue weighted by Crippen LogP contribution is -2.31. The summed E-state index contributed by atoms with van der Waals surface area (Å²) >= 11 is 2.59. The quantitative estimate of drug-likeness (QED) is 0.644. The van der Waals surface area contributed by atoms with Gasteiger partial charge in [0, 0.05) is 11.4 Å². The predicted molar refractivity (Wildman–Crippen MR) is 97.3 cm³/mol. The van der Waals surface area contributed by atoms with E-state index in [1.165, 1.54) is 34.8 Å². The Morgan fingerprint density at radius 2 is 1.72 bits per heavy atom. The summed E-state index contributed by atoms with van der Waals surface area (Å²) in [6, 6.07) is 11.6. The molecule has 0 fully saturated rings. The fraction of sp³-hybridized carbons (Fsp3) is 0.118. The van der Waals surface area contributed by atoms with Gasteiger partial charge in [-0.1, -0.05) is 12.1 Å². The summed E-state index contributed by atoms with van der Waals surface area (Å²) < 4.78 is 39.1. The van der Waals surface area contributed by atoms with Gasteiger partial charge in [-0.15, -0.1) is 22.7 Å². The van der Waals surface area contributed by atoms with Crippen LogP contribution in [0.1, 0.15) is 19.8 Å². The van der Waals surface area contributed by atoms with Gasteiger partial charge >= 0.3 is 0 Å². The maximum absolute atomic E-state index is 13.1. The Morgan fingerprint density at radius 1 is 1.04 bits per heavy atom. The number of carbonyl (C=O) groups excluding carboxylic acids is 1. The van der Waals surface area contributed by atoms with Crippen molar-refractivity contribution in [3.8, 4) is 0 Å². The van der Waals surface area contributed by atoms with Crippen molar-refractivity contribution in [1.82, 2.24) is 5.32 Å². The summed E-state index contributed by atoms with van der Waals surface area (Å²) in [4.78, 5) is 13.3. The van der Waals surface area contributed by atoms with E-state index in [9.17, 15) is 17.6 Å². The molecule has 1 aromatic carbocycles. The fourth-order valence-electron chi connectivity index (χ4n) is 2.31. The number of amides is 1. The van der Waals surface area contributed by atoms with Crippen molar-refractivity contribution in [3.63, 3.8) is 0 Å². The molecule has 3 aromatic rings. The van der Waals surface area contributed by atoms with Crippen LogP contribution in [0.4, 0.5) is 4.39 Å². The molecule has 1 unspecified atom stereocenters. The minimum atomic E-state index is -3.77. The van der Waals surface area contributed by atoms with E-state index < -0.39 is 20.9 Å². The number of halogens is 1. The number of nitrogens with one attached hydrogen (secondary N) is 1. The largest absolute Gasteiger partial charge is 0.350 e. The highest BCUT2D eigenvalue weighted by molar-refractivity contribution is 7.91. The van der Waals surface area contributed by atoms with Crippen LogP contribution in [0.25, 0.3) is 0 Å². The van der Waals surface area contributed by atoms with Gasteiger partial charge in [0.1, 0.15) is 11.1 Å². The Labute approximate surface area is 152 Å². The minimum absolute atomic E-state index is 0.0256. The molecule has 0 bridgehead atoms. The van der Waals surface area contributed by atoms with Crippen molar-refractivity contribution in [2.24, 2.45) is 0 Å². The number of benzene rings is 1. The van der Waals surface area contributed by atoms with Crippen LogP contribution in [0.2, 0.25) is 0 Å². The molecule has 4 nitrogen and oxygen atoms in total. The molecule has 2 aromatic heterocycles. The molecule has 8 heteroatoms. The smallest absolute Gasteiger partial charge is 0.261 e. The van der Waals surface area contributed by atoms with E-state index in [2.05, 4.69) is 5.32 Å². The Hall–Kier alpha value is -2.03. The van der Waals surface area contributed by atoms with Crippen molar-refractivity contribution < 1.29 is 17.6 Å². The molecule has 0 radical (unpaired) electrons. The van der Waals surface area contributed by atoms with E-state index in [-0.39, 0.29) is 17.3 Å². The molecule has 0 saturated heterocycles. The predicted octanol–water partition coefficient (Wildman–Crippen LogP) is 3.89. The van der Waals surface area contributed by atoms with Crippen LogP contribution in [0, 0.1) is 5.82 Å². The van der Waals surface area contributed by atoms with E-state index in [1.54, 1.807) is 35.0 Å². The van der Waals surface area contributed by atoms with Crippen molar-refractivity contribution in [2.75, 3.05) is 6.54 Å². The maximum atomic E-state index is 13.1. The van der Waals surface area contributed by atoms with Crippen molar-refractivity contribution in [3.05, 3.63) is 74.9 Å². The summed E-state index contributed by atoms with van der Waals surface area (Å²) in [7, 11) is -3.77. The summed E-state index contributed by atoms with van der Waals surface area (Å²) in [5.41, 5.74) is 0. The highest BCUT2D eigenvalue weighted by Crippen LogP contribution is 2.31. The lowest BCUT2D eigenvalue weighted by molar-refractivity contribution is 0.0958. The number of rotatable bonds is 6. The zero-order valence-electron chi connectivity index (χ0n) is 12.9. The van der Waals surface area contributed by atoms with E-state index >= 15 is 0 Å². The van der Waals surface area contributed by atoms with E-state index in [1.807, 2.05) is 0 Å². The van der Waals surface area contributed by atoms with Gasteiger partial charge in [0.05, 0.1) is 9.77 Å². The monoisotopic (exact) mass is 395 g/mol. The summed E-state index contributed by atoms with van der Waals surface area (Å²) in [5.74, 6) is -0.816. The summed E-state index contributed by atoms with van der Waals surface area (Å²) in [6.45, 7) is -0.0586. The molecule has 2 heterocycles. The van der Waals surface area contributed by atoms with Crippen LogP contribution in [0.5, 0.6) is 0 Å². The van der Waals surface area contributed by atoms with Gasteiger partial charge in [-0.3, -0.25) is 4.79 Å². The molecule has 25 heavy (non-hydrogen) atoms. The number of sulfone groups is 1.